The Morgan fingerprint density at radius 2 is 1.61 bits per heavy atom. The van der Waals surface area contributed by atoms with E-state index in [1.54, 1.807) is 55.6 Å². The van der Waals surface area contributed by atoms with Crippen LogP contribution in [0.4, 0.5) is 0 Å². The molecule has 0 fully saturated rings. The highest BCUT2D eigenvalue weighted by Gasteiger charge is 2.40. The molecule has 0 spiro atoms. The van der Waals surface area contributed by atoms with Crippen LogP contribution in [-0.4, -0.2) is 56.4 Å². The van der Waals surface area contributed by atoms with Gasteiger partial charge in [0.15, 0.2) is 29.2 Å². The lowest BCUT2D eigenvalue weighted by Gasteiger charge is -2.37. The first-order chi connectivity index (χ1) is 30.7. The van der Waals surface area contributed by atoms with Crippen LogP contribution >= 0.6 is 23.2 Å². The van der Waals surface area contributed by atoms with Crippen molar-refractivity contribution in [1.29, 1.82) is 0 Å². The fraction of sp³-hybridized carbons (Fsp3) is 0.286. The number of nitrogens with zero attached hydrogens (tertiary/aromatic N) is 3. The number of hydrogen-bond donors (Lipinski definition) is 2. The zero-order valence-electron chi connectivity index (χ0n) is 35.8. The molecule has 8 rings (SSSR count). The molecule has 64 heavy (non-hydrogen) atoms. The van der Waals surface area contributed by atoms with Gasteiger partial charge in [0.05, 0.1) is 10.0 Å². The molecule has 6 aromatic rings. The average molecular weight is 906 g/mol. The second-order valence-corrected chi connectivity index (χ2v) is 17.0. The lowest BCUT2D eigenvalue weighted by atomic mass is 9.91. The predicted molar refractivity (Wildman–Crippen MR) is 239 cm³/mol. The molecule has 3 atom stereocenters. The Morgan fingerprint density at radius 1 is 0.891 bits per heavy atom. The number of carboxylic acid groups (broad SMARTS) is 1. The second kappa shape index (κ2) is 18.6. The fourth-order valence-corrected chi connectivity index (χ4v) is 7.91. The molecule has 15 heteroatoms. The van der Waals surface area contributed by atoms with Crippen molar-refractivity contribution < 1.29 is 42.9 Å². The lowest BCUT2D eigenvalue weighted by molar-refractivity contribution is -0.142. The van der Waals surface area contributed by atoms with Crippen LogP contribution in [0.3, 0.4) is 0 Å². The molecule has 2 N–H and O–H groups in total. The standard InChI is InChI=1S/C49H46Cl2N4O9/c1-26(2)47-54-45(29(5)62-47)48(57)55-23-34-22-43-42(61-25-44(64-43)32-9-13-35(14-10-32)60-24-31-8-15-37(50)38(51)18-31)21-33(34)20-40(55)46(56)53-39(49(58)59)19-30-6-11-36(12-7-30)63-41-16-17-52-28(4)27(41)3/h6-18,21-22,26,39-40,44H,19-20,23-25H2,1-5H3,(H,53,56)(H,58,59). The first kappa shape index (κ1) is 44.1. The lowest BCUT2D eigenvalue weighted by Crippen LogP contribution is -2.56. The maximum absolute atomic E-state index is 14.4. The minimum Gasteiger partial charge on any atom is -0.489 e. The normalized spacial score (nSPS) is 15.9. The summed E-state index contributed by atoms with van der Waals surface area (Å²) >= 11 is 12.2. The van der Waals surface area contributed by atoms with Gasteiger partial charge < -0.3 is 38.7 Å². The quantitative estimate of drug-likeness (QED) is 0.113. The van der Waals surface area contributed by atoms with Crippen LogP contribution in [0.1, 0.15) is 87.1 Å². The first-order valence-electron chi connectivity index (χ1n) is 20.8. The summed E-state index contributed by atoms with van der Waals surface area (Å²) in [5, 5.41) is 14.0. The minimum absolute atomic E-state index is 0.0113. The van der Waals surface area contributed by atoms with Gasteiger partial charge in [0.1, 0.15) is 48.3 Å². The molecule has 0 saturated carbocycles. The van der Waals surface area contributed by atoms with Crippen LogP contribution < -0.4 is 24.3 Å². The summed E-state index contributed by atoms with van der Waals surface area (Å²) in [6.45, 7) is 9.85. The van der Waals surface area contributed by atoms with Gasteiger partial charge in [0, 0.05) is 42.8 Å². The summed E-state index contributed by atoms with van der Waals surface area (Å²) in [6.07, 6.45) is 1.30. The van der Waals surface area contributed by atoms with Crippen molar-refractivity contribution in [2.45, 2.75) is 84.7 Å². The number of halogens is 2. The molecule has 2 aliphatic rings. The van der Waals surface area contributed by atoms with Crippen molar-refractivity contribution in [1.82, 2.24) is 20.2 Å². The van der Waals surface area contributed by atoms with Gasteiger partial charge in [0.2, 0.25) is 5.91 Å². The summed E-state index contributed by atoms with van der Waals surface area (Å²) in [4.78, 5) is 51.6. The minimum atomic E-state index is -1.30. The number of carbonyl (C=O) groups is 3. The Bertz CT molecular complexity index is 2720. The molecule has 0 radical (unpaired) electrons. The molecule has 4 heterocycles. The number of aromatic nitrogens is 2. The van der Waals surface area contributed by atoms with Crippen LogP contribution in [-0.2, 0) is 35.6 Å². The Morgan fingerprint density at radius 3 is 2.31 bits per heavy atom. The van der Waals surface area contributed by atoms with Gasteiger partial charge in [-0.15, -0.1) is 0 Å². The maximum atomic E-state index is 14.4. The Kier molecular flexibility index (Phi) is 12.8. The van der Waals surface area contributed by atoms with Crippen molar-refractivity contribution >= 4 is 41.0 Å². The number of aryl methyl sites for hydroxylation is 2. The Hall–Kier alpha value is -6.57. The zero-order valence-corrected chi connectivity index (χ0v) is 37.3. The molecule has 0 aliphatic carbocycles. The molecule has 0 saturated heterocycles. The third kappa shape index (κ3) is 9.65. The van der Waals surface area contributed by atoms with Gasteiger partial charge in [-0.2, -0.15) is 0 Å². The number of rotatable bonds is 13. The number of carbonyl (C=O) groups excluding carboxylic acids is 2. The molecular formula is C49H46Cl2N4O9. The van der Waals surface area contributed by atoms with Gasteiger partial charge in [-0.25, -0.2) is 9.78 Å². The highest BCUT2D eigenvalue weighted by molar-refractivity contribution is 6.42. The Balaban J connectivity index is 0.994. The van der Waals surface area contributed by atoms with Crippen LogP contribution in [0.5, 0.6) is 28.7 Å². The summed E-state index contributed by atoms with van der Waals surface area (Å²) in [5.74, 6) is 1.13. The molecule has 4 aromatic carbocycles. The molecule has 2 aromatic heterocycles. The van der Waals surface area contributed by atoms with Gasteiger partial charge in [-0.1, -0.05) is 67.4 Å². The van der Waals surface area contributed by atoms with Crippen LogP contribution in [0.15, 0.2) is 95.5 Å². The van der Waals surface area contributed by atoms with Crippen molar-refractivity contribution in [2.75, 3.05) is 6.61 Å². The zero-order chi connectivity index (χ0) is 45.2. The van der Waals surface area contributed by atoms with E-state index in [0.717, 1.165) is 33.5 Å². The highest BCUT2D eigenvalue weighted by atomic mass is 35.5. The molecule has 13 nitrogen and oxygen atoms in total. The topological polar surface area (TPSA) is 163 Å². The summed E-state index contributed by atoms with van der Waals surface area (Å²) in [5.41, 5.74) is 5.76. The van der Waals surface area contributed by atoms with Crippen molar-refractivity contribution in [3.63, 3.8) is 0 Å². The van der Waals surface area contributed by atoms with Gasteiger partial charge in [0.25, 0.3) is 5.91 Å². The number of hydrogen-bond acceptors (Lipinski definition) is 10. The van der Waals surface area contributed by atoms with E-state index >= 15 is 0 Å². The number of aliphatic carboxylic acids is 1. The Labute approximate surface area is 380 Å². The van der Waals surface area contributed by atoms with E-state index in [2.05, 4.69) is 15.3 Å². The number of fused-ring (bicyclic) bond motifs is 2. The molecule has 3 unspecified atom stereocenters. The number of benzene rings is 4. The molecule has 330 valence electrons. The first-order valence-corrected chi connectivity index (χ1v) is 21.6. The summed E-state index contributed by atoms with van der Waals surface area (Å²) < 4.78 is 30.6. The average Bonchev–Trinajstić information content (AvgIpc) is 3.69. The largest absolute Gasteiger partial charge is 0.489 e. The van der Waals surface area contributed by atoms with E-state index in [1.807, 2.05) is 70.2 Å². The summed E-state index contributed by atoms with van der Waals surface area (Å²) in [7, 11) is 0. The van der Waals surface area contributed by atoms with Crippen molar-refractivity contribution in [3.05, 3.63) is 158 Å². The van der Waals surface area contributed by atoms with Gasteiger partial charge in [-0.05, 0) is 103 Å². The van der Waals surface area contributed by atoms with Crippen LogP contribution in [0.25, 0.3) is 0 Å². The van der Waals surface area contributed by atoms with E-state index in [0.29, 0.717) is 62.6 Å². The van der Waals surface area contributed by atoms with E-state index in [9.17, 15) is 19.5 Å². The molecule has 2 amide bonds. The number of nitrogens with one attached hydrogen (secondary N) is 1. The monoisotopic (exact) mass is 904 g/mol. The third-order valence-corrected chi connectivity index (χ3v) is 12.1. The van der Waals surface area contributed by atoms with Crippen LogP contribution in [0.2, 0.25) is 10.0 Å². The number of carboxylic acids is 1. The highest BCUT2D eigenvalue weighted by Crippen LogP contribution is 2.41. The molecule has 0 bridgehead atoms. The van der Waals surface area contributed by atoms with E-state index < -0.39 is 36.0 Å². The van der Waals surface area contributed by atoms with Crippen molar-refractivity contribution in [3.8, 4) is 28.7 Å². The number of amides is 2. The number of pyridine rings is 1. The van der Waals surface area contributed by atoms with Crippen molar-refractivity contribution in [2.24, 2.45) is 0 Å². The fourth-order valence-electron chi connectivity index (χ4n) is 7.59. The number of ether oxygens (including phenoxy) is 4. The summed E-state index contributed by atoms with van der Waals surface area (Å²) in [6, 6.07) is 23.0. The second-order valence-electron chi connectivity index (χ2n) is 16.2. The molecular weight excluding hydrogens is 859 g/mol. The predicted octanol–water partition coefficient (Wildman–Crippen LogP) is 9.69. The van der Waals surface area contributed by atoms with E-state index in [1.165, 1.54) is 4.90 Å². The van der Waals surface area contributed by atoms with Gasteiger partial charge >= 0.3 is 5.97 Å². The smallest absolute Gasteiger partial charge is 0.326 e. The van der Waals surface area contributed by atoms with E-state index in [-0.39, 0.29) is 37.6 Å². The third-order valence-electron chi connectivity index (χ3n) is 11.4. The SMILES string of the molecule is Cc1nccc(Oc2ccc(CC(NC(=O)C3Cc4cc5c(cc4CN3C(=O)c3nc(C(C)C)oc3C)OC(c3ccc(OCc4ccc(Cl)c(Cl)c4)cc3)CO5)C(=O)O)cc2)c1C. The van der Waals surface area contributed by atoms with E-state index in [4.69, 9.17) is 46.6 Å². The molecule has 2 aliphatic heterocycles. The van der Waals surface area contributed by atoms with Crippen LogP contribution in [0, 0.1) is 20.8 Å². The van der Waals surface area contributed by atoms with Gasteiger partial charge in [-0.3, -0.25) is 14.6 Å². The maximum Gasteiger partial charge on any atom is 0.326 e. The number of oxazole rings is 1.